The van der Waals surface area contributed by atoms with Crippen LogP contribution in [0.2, 0.25) is 5.02 Å². The van der Waals surface area contributed by atoms with Crippen LogP contribution in [0.3, 0.4) is 0 Å². The minimum atomic E-state index is -0.976. The summed E-state index contributed by atoms with van der Waals surface area (Å²) in [5.74, 6) is 6.18. The van der Waals surface area contributed by atoms with Crippen LogP contribution in [0.15, 0.2) is 54.9 Å². The minimum Gasteiger partial charge on any atom is -0.378 e. The van der Waals surface area contributed by atoms with Gasteiger partial charge >= 0.3 is 0 Å². The van der Waals surface area contributed by atoms with E-state index >= 15 is 0 Å². The number of benzene rings is 2. The maximum atomic E-state index is 11.0. The Kier molecular flexibility index (Phi) is 4.25. The molecule has 1 saturated carbocycles. The van der Waals surface area contributed by atoms with Gasteiger partial charge in [-0.1, -0.05) is 41.6 Å². The lowest BCUT2D eigenvalue weighted by molar-refractivity contribution is 0.0405. The quantitative estimate of drug-likeness (QED) is 0.652. The number of hydrogen-bond donors (Lipinski definition) is 1. The maximum Gasteiger partial charge on any atom is 0.127 e. The van der Waals surface area contributed by atoms with Gasteiger partial charge in [0.1, 0.15) is 5.60 Å². The summed E-state index contributed by atoms with van der Waals surface area (Å²) >= 11 is 6.01. The molecular weight excluding hydrogens is 332 g/mol. The molecule has 0 spiro atoms. The van der Waals surface area contributed by atoms with E-state index in [1.54, 1.807) is 0 Å². The third-order valence-corrected chi connectivity index (χ3v) is 5.07. The van der Waals surface area contributed by atoms with Gasteiger partial charge in [-0.3, -0.25) is 0 Å². The van der Waals surface area contributed by atoms with Crippen LogP contribution in [0.5, 0.6) is 0 Å². The van der Waals surface area contributed by atoms with Gasteiger partial charge in [-0.25, -0.2) is 4.98 Å². The molecule has 4 heteroatoms. The number of nitrogens with zero attached hydrogens (tertiary/aromatic N) is 2. The van der Waals surface area contributed by atoms with Crippen LogP contribution in [-0.2, 0) is 0 Å². The van der Waals surface area contributed by atoms with E-state index in [0.29, 0.717) is 17.9 Å². The largest absolute Gasteiger partial charge is 0.378 e. The molecule has 1 aliphatic carbocycles. The molecule has 0 aliphatic heterocycles. The molecule has 1 heterocycles. The summed E-state index contributed by atoms with van der Waals surface area (Å²) < 4.78 is 2.18. The van der Waals surface area contributed by atoms with E-state index in [0.717, 1.165) is 29.4 Å². The summed E-state index contributed by atoms with van der Waals surface area (Å²) in [6.45, 7) is 0. The fourth-order valence-electron chi connectivity index (χ4n) is 3.60. The van der Waals surface area contributed by atoms with Gasteiger partial charge in [0.2, 0.25) is 0 Å². The van der Waals surface area contributed by atoms with E-state index in [4.69, 9.17) is 11.6 Å². The molecule has 0 saturated heterocycles. The van der Waals surface area contributed by atoms with Gasteiger partial charge in [-0.2, -0.15) is 0 Å². The fraction of sp³-hybridized carbons (Fsp3) is 0.286. The van der Waals surface area contributed by atoms with E-state index in [1.807, 2.05) is 48.8 Å². The second kappa shape index (κ2) is 6.55. The lowest BCUT2D eigenvalue weighted by atomic mass is 9.82. The molecule has 1 aromatic heterocycles. The van der Waals surface area contributed by atoms with Crippen molar-refractivity contribution < 1.29 is 5.11 Å². The first-order chi connectivity index (χ1) is 12.1. The smallest absolute Gasteiger partial charge is 0.127 e. The average molecular weight is 351 g/mol. The molecule has 1 aliphatic rings. The summed E-state index contributed by atoms with van der Waals surface area (Å²) in [7, 11) is 0. The number of halogens is 1. The van der Waals surface area contributed by atoms with Crippen molar-refractivity contribution in [1.82, 2.24) is 9.55 Å². The molecule has 126 valence electrons. The molecule has 2 aromatic carbocycles. The normalized spacial score (nSPS) is 23.2. The Morgan fingerprint density at radius 3 is 2.96 bits per heavy atom. The topological polar surface area (TPSA) is 38.0 Å². The van der Waals surface area contributed by atoms with Gasteiger partial charge in [0.25, 0.3) is 0 Å². The predicted molar refractivity (Wildman–Crippen MR) is 101 cm³/mol. The van der Waals surface area contributed by atoms with Crippen LogP contribution < -0.4 is 0 Å². The van der Waals surface area contributed by atoms with Crippen molar-refractivity contribution in [3.63, 3.8) is 0 Å². The molecule has 0 amide bonds. The Bertz CT molecular complexity index is 968. The van der Waals surface area contributed by atoms with E-state index in [1.165, 1.54) is 0 Å². The Labute approximate surface area is 152 Å². The molecule has 1 N–H and O–H groups in total. The third-order valence-electron chi connectivity index (χ3n) is 4.84. The molecule has 4 rings (SSSR count). The molecular formula is C21H19ClN2O. The zero-order valence-corrected chi connectivity index (χ0v) is 14.6. The number of rotatable bonds is 1. The van der Waals surface area contributed by atoms with Gasteiger partial charge in [0.05, 0.1) is 17.4 Å². The summed E-state index contributed by atoms with van der Waals surface area (Å²) in [6, 6.07) is 15.7. The second-order valence-electron chi connectivity index (χ2n) is 6.68. The lowest BCUT2D eigenvalue weighted by Crippen LogP contribution is -2.34. The Balaban J connectivity index is 1.60. The van der Waals surface area contributed by atoms with E-state index in [9.17, 15) is 5.11 Å². The number of fused-ring (bicyclic) bond motifs is 1. The van der Waals surface area contributed by atoms with Crippen molar-refractivity contribution in [2.75, 3.05) is 0 Å². The minimum absolute atomic E-state index is 0.208. The van der Waals surface area contributed by atoms with Gasteiger partial charge in [-0.15, -0.1) is 0 Å². The average Bonchev–Trinajstić information content (AvgIpc) is 3.04. The van der Waals surface area contributed by atoms with E-state index in [-0.39, 0.29) is 6.04 Å². The highest BCUT2D eigenvalue weighted by Crippen LogP contribution is 2.36. The number of aliphatic hydroxyl groups is 1. The van der Waals surface area contributed by atoms with Crippen LogP contribution in [0.25, 0.3) is 11.0 Å². The first-order valence-electron chi connectivity index (χ1n) is 8.56. The Hall–Kier alpha value is -2.28. The van der Waals surface area contributed by atoms with E-state index < -0.39 is 5.60 Å². The van der Waals surface area contributed by atoms with Crippen molar-refractivity contribution in [3.8, 4) is 11.8 Å². The van der Waals surface area contributed by atoms with Crippen molar-refractivity contribution in [2.45, 2.75) is 37.3 Å². The third kappa shape index (κ3) is 3.42. The fourth-order valence-corrected chi connectivity index (χ4v) is 3.79. The highest BCUT2D eigenvalue weighted by Gasteiger charge is 2.34. The van der Waals surface area contributed by atoms with Crippen LogP contribution in [0.4, 0.5) is 0 Å². The molecule has 0 bridgehead atoms. The first-order valence-corrected chi connectivity index (χ1v) is 8.93. The summed E-state index contributed by atoms with van der Waals surface area (Å²) in [5, 5.41) is 11.7. The number of imidazole rings is 1. The van der Waals surface area contributed by atoms with E-state index in [2.05, 4.69) is 27.5 Å². The Morgan fingerprint density at radius 2 is 2.08 bits per heavy atom. The molecule has 0 radical (unpaired) electrons. The van der Waals surface area contributed by atoms with Gasteiger partial charge in [-0.05, 0) is 49.6 Å². The van der Waals surface area contributed by atoms with Crippen molar-refractivity contribution in [3.05, 3.63) is 65.4 Å². The monoisotopic (exact) mass is 350 g/mol. The highest BCUT2D eigenvalue weighted by atomic mass is 35.5. The first kappa shape index (κ1) is 16.2. The van der Waals surface area contributed by atoms with Gasteiger partial charge < -0.3 is 9.67 Å². The van der Waals surface area contributed by atoms with Crippen LogP contribution in [0.1, 0.15) is 37.3 Å². The zero-order valence-electron chi connectivity index (χ0n) is 13.8. The SMILES string of the molecule is O[C@@]1(C#Cc2cccc(Cl)c2)CCC[C@H](n2cnc3ccccc32)C1. The molecule has 3 aromatic rings. The maximum absolute atomic E-state index is 11.0. The number of aromatic nitrogens is 2. The van der Waals surface area contributed by atoms with Gasteiger partial charge in [0, 0.05) is 23.0 Å². The zero-order chi connectivity index (χ0) is 17.3. The van der Waals surface area contributed by atoms with Crippen LogP contribution >= 0.6 is 11.6 Å². The molecule has 2 atom stereocenters. The second-order valence-corrected chi connectivity index (χ2v) is 7.12. The highest BCUT2D eigenvalue weighted by molar-refractivity contribution is 6.30. The summed E-state index contributed by atoms with van der Waals surface area (Å²) in [5.41, 5.74) is 1.95. The molecule has 25 heavy (non-hydrogen) atoms. The predicted octanol–water partition coefficient (Wildman–Crippen LogP) is 4.59. The lowest BCUT2D eigenvalue weighted by Gasteiger charge is -2.34. The van der Waals surface area contributed by atoms with Crippen molar-refractivity contribution in [2.24, 2.45) is 0 Å². The molecule has 0 unspecified atom stereocenters. The van der Waals surface area contributed by atoms with Crippen LogP contribution in [0, 0.1) is 11.8 Å². The van der Waals surface area contributed by atoms with Crippen molar-refractivity contribution >= 4 is 22.6 Å². The van der Waals surface area contributed by atoms with Gasteiger partial charge in [0.15, 0.2) is 0 Å². The molecule has 3 nitrogen and oxygen atoms in total. The summed E-state index contributed by atoms with van der Waals surface area (Å²) in [6.07, 6.45) is 5.16. The Morgan fingerprint density at radius 1 is 1.20 bits per heavy atom. The number of hydrogen-bond acceptors (Lipinski definition) is 2. The molecule has 1 fully saturated rings. The number of para-hydroxylation sites is 2. The van der Waals surface area contributed by atoms with Crippen molar-refractivity contribution in [1.29, 1.82) is 0 Å². The standard InChI is InChI=1S/C21H19ClN2O/c22-17-6-3-5-16(13-17)10-12-21(25)11-4-7-18(14-21)24-15-23-19-8-1-2-9-20(19)24/h1-3,5-6,8-9,13,15,18,25H,4,7,11,14H2/t18-,21+/m0/s1. The van der Waals surface area contributed by atoms with Crippen LogP contribution in [-0.4, -0.2) is 20.3 Å². The summed E-state index contributed by atoms with van der Waals surface area (Å²) in [4.78, 5) is 4.48.